The van der Waals surface area contributed by atoms with Gasteiger partial charge in [0.05, 0.1) is 6.10 Å². The van der Waals surface area contributed by atoms with Gasteiger partial charge in [-0.25, -0.2) is 0 Å². The lowest BCUT2D eigenvalue weighted by molar-refractivity contribution is 0.0707. The van der Waals surface area contributed by atoms with Crippen LogP contribution in [0.1, 0.15) is 13.3 Å². The van der Waals surface area contributed by atoms with E-state index in [0.29, 0.717) is 19.0 Å². The molecule has 3 atom stereocenters. The molecule has 0 spiro atoms. The molecule has 0 unspecified atom stereocenters. The molecule has 0 bridgehead atoms. The molecule has 1 fully saturated rings. The minimum atomic E-state index is -0.525. The molecular formula is C15H23NO3. The lowest BCUT2D eigenvalue weighted by Gasteiger charge is -2.20. The van der Waals surface area contributed by atoms with Crippen molar-refractivity contribution in [3.05, 3.63) is 30.3 Å². The molecule has 1 aliphatic rings. The zero-order valence-corrected chi connectivity index (χ0v) is 11.4. The number of hydrogen-bond acceptors (Lipinski definition) is 4. The van der Waals surface area contributed by atoms with Gasteiger partial charge >= 0.3 is 0 Å². The van der Waals surface area contributed by atoms with Crippen molar-refractivity contribution in [3.63, 3.8) is 0 Å². The maximum atomic E-state index is 9.97. The number of aliphatic hydroxyl groups excluding tert-OH is 2. The number of aliphatic hydroxyl groups is 2. The minimum Gasteiger partial charge on any atom is -0.491 e. The van der Waals surface area contributed by atoms with Gasteiger partial charge in [0.25, 0.3) is 0 Å². The van der Waals surface area contributed by atoms with Crippen LogP contribution >= 0.6 is 0 Å². The molecule has 0 radical (unpaired) electrons. The fourth-order valence-corrected chi connectivity index (χ4v) is 2.55. The highest BCUT2D eigenvalue weighted by molar-refractivity contribution is 5.20. The molecule has 2 rings (SSSR count). The van der Waals surface area contributed by atoms with E-state index in [9.17, 15) is 10.2 Å². The van der Waals surface area contributed by atoms with E-state index in [0.717, 1.165) is 18.7 Å². The van der Waals surface area contributed by atoms with Crippen molar-refractivity contribution in [2.45, 2.75) is 25.6 Å². The SMILES string of the molecule is CC[C@@H]1CN(C[C@@H](O)COc2ccccc2)C[C@@H]1O. The molecule has 1 aliphatic heterocycles. The van der Waals surface area contributed by atoms with E-state index >= 15 is 0 Å². The van der Waals surface area contributed by atoms with Crippen LogP contribution in [0.25, 0.3) is 0 Å². The van der Waals surface area contributed by atoms with E-state index in [2.05, 4.69) is 11.8 Å². The summed E-state index contributed by atoms with van der Waals surface area (Å²) < 4.78 is 5.52. The smallest absolute Gasteiger partial charge is 0.119 e. The Morgan fingerprint density at radius 2 is 2.05 bits per heavy atom. The Morgan fingerprint density at radius 1 is 1.32 bits per heavy atom. The number of nitrogens with zero attached hydrogens (tertiary/aromatic N) is 1. The van der Waals surface area contributed by atoms with E-state index in [1.807, 2.05) is 30.3 Å². The van der Waals surface area contributed by atoms with Gasteiger partial charge in [0, 0.05) is 19.6 Å². The molecule has 0 aliphatic carbocycles. The molecule has 0 saturated carbocycles. The van der Waals surface area contributed by atoms with Crippen LogP contribution in [0.3, 0.4) is 0 Å². The fourth-order valence-electron chi connectivity index (χ4n) is 2.55. The number of ether oxygens (including phenoxy) is 1. The summed E-state index contributed by atoms with van der Waals surface area (Å²) in [6.45, 7) is 4.45. The normalized spacial score (nSPS) is 25.4. The summed E-state index contributed by atoms with van der Waals surface area (Å²) >= 11 is 0. The van der Waals surface area contributed by atoms with E-state index < -0.39 is 6.10 Å². The van der Waals surface area contributed by atoms with Crippen molar-refractivity contribution < 1.29 is 14.9 Å². The number of rotatable bonds is 6. The Hall–Kier alpha value is -1.10. The van der Waals surface area contributed by atoms with Gasteiger partial charge < -0.3 is 14.9 Å². The highest BCUT2D eigenvalue weighted by Crippen LogP contribution is 2.20. The molecular weight excluding hydrogens is 242 g/mol. The molecule has 19 heavy (non-hydrogen) atoms. The second-order valence-corrected chi connectivity index (χ2v) is 5.23. The van der Waals surface area contributed by atoms with Crippen molar-refractivity contribution in [3.8, 4) is 5.75 Å². The van der Waals surface area contributed by atoms with E-state index in [-0.39, 0.29) is 12.7 Å². The number of benzene rings is 1. The Bertz CT molecular complexity index is 371. The summed E-state index contributed by atoms with van der Waals surface area (Å²) in [5, 5.41) is 19.8. The summed E-state index contributed by atoms with van der Waals surface area (Å²) in [6, 6.07) is 9.49. The van der Waals surface area contributed by atoms with Crippen molar-refractivity contribution in [2.24, 2.45) is 5.92 Å². The first-order valence-corrected chi connectivity index (χ1v) is 6.95. The van der Waals surface area contributed by atoms with Crippen LogP contribution in [0.5, 0.6) is 5.75 Å². The average Bonchev–Trinajstić information content (AvgIpc) is 2.77. The summed E-state index contributed by atoms with van der Waals surface area (Å²) in [5.74, 6) is 1.11. The van der Waals surface area contributed by atoms with Crippen molar-refractivity contribution in [2.75, 3.05) is 26.2 Å². The van der Waals surface area contributed by atoms with Crippen molar-refractivity contribution in [1.82, 2.24) is 4.90 Å². The van der Waals surface area contributed by atoms with Gasteiger partial charge in [0.15, 0.2) is 0 Å². The third-order valence-corrected chi connectivity index (χ3v) is 3.66. The Labute approximate surface area is 114 Å². The molecule has 1 aromatic rings. The molecule has 1 heterocycles. The maximum absolute atomic E-state index is 9.97. The fraction of sp³-hybridized carbons (Fsp3) is 0.600. The Morgan fingerprint density at radius 3 is 2.68 bits per heavy atom. The van der Waals surface area contributed by atoms with Gasteiger partial charge in [0.1, 0.15) is 18.5 Å². The van der Waals surface area contributed by atoms with Crippen LogP contribution in [0, 0.1) is 5.92 Å². The van der Waals surface area contributed by atoms with Crippen LogP contribution in [-0.4, -0.2) is 53.6 Å². The molecule has 2 N–H and O–H groups in total. The van der Waals surface area contributed by atoms with Crippen molar-refractivity contribution in [1.29, 1.82) is 0 Å². The van der Waals surface area contributed by atoms with Gasteiger partial charge in [-0.05, 0) is 24.5 Å². The monoisotopic (exact) mass is 265 g/mol. The highest BCUT2D eigenvalue weighted by atomic mass is 16.5. The molecule has 0 aromatic heterocycles. The van der Waals surface area contributed by atoms with Gasteiger partial charge in [-0.15, -0.1) is 0 Å². The van der Waals surface area contributed by atoms with Crippen LogP contribution < -0.4 is 4.74 Å². The minimum absolute atomic E-state index is 0.257. The quantitative estimate of drug-likeness (QED) is 0.809. The number of likely N-dealkylation sites (tertiary alicyclic amines) is 1. The first-order chi connectivity index (χ1) is 9.19. The third kappa shape index (κ3) is 4.20. The van der Waals surface area contributed by atoms with Crippen LogP contribution in [0.2, 0.25) is 0 Å². The number of β-amino-alcohol motifs (C(OH)–C–C–N with tert-alkyl or cyclic N) is 2. The molecule has 106 valence electrons. The molecule has 4 heteroatoms. The molecule has 1 saturated heterocycles. The zero-order valence-electron chi connectivity index (χ0n) is 11.4. The summed E-state index contributed by atoms with van der Waals surface area (Å²) in [7, 11) is 0. The van der Waals surface area contributed by atoms with Gasteiger partial charge in [-0.3, -0.25) is 4.90 Å². The third-order valence-electron chi connectivity index (χ3n) is 3.66. The van der Waals surface area contributed by atoms with E-state index in [1.165, 1.54) is 0 Å². The van der Waals surface area contributed by atoms with E-state index in [4.69, 9.17) is 4.74 Å². The maximum Gasteiger partial charge on any atom is 0.119 e. The first kappa shape index (κ1) is 14.3. The molecule has 1 aromatic carbocycles. The van der Waals surface area contributed by atoms with Gasteiger partial charge in [0.2, 0.25) is 0 Å². The second kappa shape index (κ2) is 6.89. The summed E-state index contributed by atoms with van der Waals surface area (Å²) in [4.78, 5) is 2.11. The standard InChI is InChI=1S/C15H23NO3/c1-2-12-8-16(10-15(12)18)9-13(17)11-19-14-6-4-3-5-7-14/h3-7,12-13,15,17-18H,2,8-11H2,1H3/t12-,13-,15+/m1/s1. The highest BCUT2D eigenvalue weighted by Gasteiger charge is 2.30. The average molecular weight is 265 g/mol. The summed E-state index contributed by atoms with van der Waals surface area (Å²) in [5.41, 5.74) is 0. The second-order valence-electron chi connectivity index (χ2n) is 5.23. The van der Waals surface area contributed by atoms with E-state index in [1.54, 1.807) is 0 Å². The Kier molecular flexibility index (Phi) is 5.19. The lowest BCUT2D eigenvalue weighted by Crippen LogP contribution is -2.34. The van der Waals surface area contributed by atoms with Crippen molar-refractivity contribution >= 4 is 0 Å². The number of para-hydroxylation sites is 1. The Balaban J connectivity index is 1.72. The largest absolute Gasteiger partial charge is 0.491 e. The summed E-state index contributed by atoms with van der Waals surface area (Å²) in [6.07, 6.45) is 0.198. The van der Waals surface area contributed by atoms with Crippen LogP contribution in [-0.2, 0) is 0 Å². The van der Waals surface area contributed by atoms with Crippen LogP contribution in [0.4, 0.5) is 0 Å². The predicted octanol–water partition coefficient (Wildman–Crippen LogP) is 1.13. The number of hydrogen-bond donors (Lipinski definition) is 2. The van der Waals surface area contributed by atoms with Gasteiger partial charge in [-0.2, -0.15) is 0 Å². The van der Waals surface area contributed by atoms with Crippen LogP contribution in [0.15, 0.2) is 30.3 Å². The first-order valence-electron chi connectivity index (χ1n) is 6.95. The topological polar surface area (TPSA) is 52.9 Å². The molecule has 0 amide bonds. The lowest BCUT2D eigenvalue weighted by atomic mass is 10.0. The zero-order chi connectivity index (χ0) is 13.7. The van der Waals surface area contributed by atoms with Gasteiger partial charge in [-0.1, -0.05) is 25.1 Å². The molecule has 4 nitrogen and oxygen atoms in total. The predicted molar refractivity (Wildman–Crippen MR) is 74.2 cm³/mol.